The Morgan fingerprint density at radius 2 is 1.90 bits per heavy atom. The van der Waals surface area contributed by atoms with Crippen LogP contribution in [-0.2, 0) is 11.3 Å². The molecule has 1 N–H and O–H groups in total. The molecule has 0 saturated heterocycles. The number of hydrogen-bond acceptors (Lipinski definition) is 4. The second-order valence-corrected chi connectivity index (χ2v) is 6.74. The third kappa shape index (κ3) is 3.89. The van der Waals surface area contributed by atoms with Crippen LogP contribution in [0.5, 0.6) is 5.75 Å². The molecule has 0 radical (unpaired) electrons. The summed E-state index contributed by atoms with van der Waals surface area (Å²) in [6.07, 6.45) is 3.24. The molecule has 2 aromatic heterocycles. The predicted octanol–water partition coefficient (Wildman–Crippen LogP) is 3.12. The number of aryl methyl sites for hydroxylation is 1. The van der Waals surface area contributed by atoms with Gasteiger partial charge in [-0.05, 0) is 25.1 Å². The maximum atomic E-state index is 12.8. The van der Waals surface area contributed by atoms with E-state index in [0.29, 0.717) is 22.6 Å². The van der Waals surface area contributed by atoms with Crippen LogP contribution < -0.4 is 15.6 Å². The number of ether oxygens (including phenoxy) is 1. The predicted molar refractivity (Wildman–Crippen MR) is 111 cm³/mol. The van der Waals surface area contributed by atoms with Crippen molar-refractivity contribution in [2.24, 2.45) is 0 Å². The molecule has 0 fully saturated rings. The van der Waals surface area contributed by atoms with Gasteiger partial charge in [0, 0.05) is 29.7 Å². The van der Waals surface area contributed by atoms with Gasteiger partial charge >= 0.3 is 0 Å². The molecule has 7 nitrogen and oxygen atoms in total. The Bertz CT molecular complexity index is 1240. The molecule has 0 saturated carbocycles. The summed E-state index contributed by atoms with van der Waals surface area (Å²) in [5.74, 6) is 0.340. The van der Waals surface area contributed by atoms with E-state index in [0.717, 1.165) is 11.1 Å². The molecular weight excluding hydrogens is 368 g/mol. The number of hydrogen-bond donors (Lipinski definition) is 1. The summed E-state index contributed by atoms with van der Waals surface area (Å²) in [4.78, 5) is 25.2. The summed E-state index contributed by atoms with van der Waals surface area (Å²) in [7, 11) is 1.56. The smallest absolute Gasteiger partial charge is 0.277 e. The highest BCUT2D eigenvalue weighted by molar-refractivity contribution is 5.90. The van der Waals surface area contributed by atoms with Gasteiger partial charge < -0.3 is 14.6 Å². The minimum atomic E-state index is -0.303. The second kappa shape index (κ2) is 7.63. The summed E-state index contributed by atoms with van der Waals surface area (Å²) >= 11 is 0. The molecule has 0 aliphatic rings. The third-order valence-corrected chi connectivity index (χ3v) is 4.62. The molecule has 2 heterocycles. The molecule has 1 amide bonds. The summed E-state index contributed by atoms with van der Waals surface area (Å²) in [5, 5.41) is 7.25. The van der Waals surface area contributed by atoms with Crippen LogP contribution >= 0.6 is 0 Å². The molecule has 0 unspecified atom stereocenters. The SMILES string of the molecule is COc1cccc(NC(=O)Cn2ccn3nc(-c4ccc(C)cc4)cc3c2=O)c1. The zero-order chi connectivity index (χ0) is 20.4. The average Bonchev–Trinajstić information content (AvgIpc) is 3.16. The number of carbonyl (C=O) groups is 1. The molecule has 0 spiro atoms. The highest BCUT2D eigenvalue weighted by Crippen LogP contribution is 2.19. The van der Waals surface area contributed by atoms with Gasteiger partial charge in [-0.2, -0.15) is 5.10 Å². The van der Waals surface area contributed by atoms with Crippen LogP contribution in [0.15, 0.2) is 71.8 Å². The summed E-state index contributed by atoms with van der Waals surface area (Å²) in [5.41, 5.74) is 3.54. The molecule has 7 heteroatoms. The van der Waals surface area contributed by atoms with Gasteiger partial charge in [0.15, 0.2) is 0 Å². The molecule has 0 aliphatic carbocycles. The van der Waals surface area contributed by atoms with Crippen LogP contribution in [0.1, 0.15) is 5.56 Å². The fourth-order valence-electron chi connectivity index (χ4n) is 3.07. The minimum absolute atomic E-state index is 0.0996. The van der Waals surface area contributed by atoms with Crippen molar-refractivity contribution in [3.05, 3.63) is 82.9 Å². The number of anilines is 1. The number of aromatic nitrogens is 3. The van der Waals surface area contributed by atoms with Gasteiger partial charge in [-0.3, -0.25) is 9.59 Å². The van der Waals surface area contributed by atoms with Gasteiger partial charge in [-0.15, -0.1) is 0 Å². The Morgan fingerprint density at radius 1 is 1.10 bits per heavy atom. The Balaban J connectivity index is 1.57. The van der Waals surface area contributed by atoms with E-state index in [4.69, 9.17) is 4.74 Å². The quantitative estimate of drug-likeness (QED) is 0.570. The molecule has 0 atom stereocenters. The molecule has 146 valence electrons. The largest absolute Gasteiger partial charge is 0.497 e. The number of fused-ring (bicyclic) bond motifs is 1. The fraction of sp³-hybridized carbons (Fsp3) is 0.136. The van der Waals surface area contributed by atoms with Crippen LogP contribution in [0, 0.1) is 6.92 Å². The monoisotopic (exact) mass is 388 g/mol. The number of benzene rings is 2. The highest BCUT2D eigenvalue weighted by Gasteiger charge is 2.11. The summed E-state index contributed by atoms with van der Waals surface area (Å²) < 4.78 is 8.05. The first-order valence-electron chi connectivity index (χ1n) is 9.13. The van der Waals surface area contributed by atoms with E-state index in [-0.39, 0.29) is 18.0 Å². The lowest BCUT2D eigenvalue weighted by Crippen LogP contribution is -2.28. The number of nitrogens with one attached hydrogen (secondary N) is 1. The summed E-state index contributed by atoms with van der Waals surface area (Å²) in [6.45, 7) is 1.92. The maximum absolute atomic E-state index is 12.8. The van der Waals surface area contributed by atoms with Crippen LogP contribution in [-0.4, -0.2) is 27.2 Å². The Labute approximate surface area is 167 Å². The van der Waals surface area contributed by atoms with Crippen LogP contribution in [0.2, 0.25) is 0 Å². The third-order valence-electron chi connectivity index (χ3n) is 4.62. The topological polar surface area (TPSA) is 77.6 Å². The second-order valence-electron chi connectivity index (χ2n) is 6.74. The van der Waals surface area contributed by atoms with Crippen molar-refractivity contribution in [2.75, 3.05) is 12.4 Å². The lowest BCUT2D eigenvalue weighted by molar-refractivity contribution is -0.116. The number of methoxy groups -OCH3 is 1. The zero-order valence-corrected chi connectivity index (χ0v) is 16.1. The van der Waals surface area contributed by atoms with Crippen molar-refractivity contribution >= 4 is 17.1 Å². The van der Waals surface area contributed by atoms with E-state index in [9.17, 15) is 9.59 Å². The number of nitrogens with zero attached hydrogens (tertiary/aromatic N) is 3. The molecule has 29 heavy (non-hydrogen) atoms. The Hall–Kier alpha value is -3.87. The molecule has 4 rings (SSSR count). The average molecular weight is 388 g/mol. The van der Waals surface area contributed by atoms with Gasteiger partial charge in [0.2, 0.25) is 5.91 Å². The van der Waals surface area contributed by atoms with Crippen molar-refractivity contribution in [3.8, 4) is 17.0 Å². The number of amides is 1. The van der Waals surface area contributed by atoms with E-state index >= 15 is 0 Å². The fourth-order valence-corrected chi connectivity index (χ4v) is 3.07. The minimum Gasteiger partial charge on any atom is -0.497 e. The van der Waals surface area contributed by atoms with Crippen molar-refractivity contribution in [1.82, 2.24) is 14.2 Å². The molecule has 0 bridgehead atoms. The van der Waals surface area contributed by atoms with Crippen LogP contribution in [0.4, 0.5) is 5.69 Å². The molecular formula is C22H20N4O3. The Kier molecular flexibility index (Phi) is 4.87. The molecule has 0 aliphatic heterocycles. The van der Waals surface area contributed by atoms with Crippen molar-refractivity contribution in [3.63, 3.8) is 0 Å². The molecule has 4 aromatic rings. The molecule has 2 aromatic carbocycles. The lowest BCUT2D eigenvalue weighted by Gasteiger charge is -2.08. The van der Waals surface area contributed by atoms with Gasteiger partial charge in [0.1, 0.15) is 17.8 Å². The number of carbonyl (C=O) groups excluding carboxylic acids is 1. The van der Waals surface area contributed by atoms with E-state index in [1.807, 2.05) is 31.2 Å². The van der Waals surface area contributed by atoms with Gasteiger partial charge in [-0.25, -0.2) is 4.52 Å². The van der Waals surface area contributed by atoms with Gasteiger partial charge in [-0.1, -0.05) is 35.9 Å². The standard InChI is InChI=1S/C22H20N4O3/c1-15-6-8-16(9-7-15)19-13-20-22(28)25(10-11-26(20)24-19)14-21(27)23-17-4-3-5-18(12-17)29-2/h3-13H,14H2,1-2H3,(H,23,27). The first-order chi connectivity index (χ1) is 14.0. The van der Waals surface area contributed by atoms with Crippen LogP contribution in [0.3, 0.4) is 0 Å². The Morgan fingerprint density at radius 3 is 2.66 bits per heavy atom. The van der Waals surface area contributed by atoms with Gasteiger partial charge in [0.05, 0.1) is 12.8 Å². The first kappa shape index (κ1) is 18.5. The highest BCUT2D eigenvalue weighted by atomic mass is 16.5. The van der Waals surface area contributed by atoms with E-state index in [1.54, 1.807) is 49.8 Å². The van der Waals surface area contributed by atoms with Gasteiger partial charge in [0.25, 0.3) is 5.56 Å². The van der Waals surface area contributed by atoms with Crippen molar-refractivity contribution in [2.45, 2.75) is 13.5 Å². The van der Waals surface area contributed by atoms with Crippen molar-refractivity contribution in [1.29, 1.82) is 0 Å². The zero-order valence-electron chi connectivity index (χ0n) is 16.1. The lowest BCUT2D eigenvalue weighted by atomic mass is 10.1. The normalized spacial score (nSPS) is 10.8. The number of rotatable bonds is 5. The van der Waals surface area contributed by atoms with E-state index < -0.39 is 0 Å². The maximum Gasteiger partial charge on any atom is 0.277 e. The first-order valence-corrected chi connectivity index (χ1v) is 9.13. The summed E-state index contributed by atoms with van der Waals surface area (Å²) in [6, 6.07) is 16.7. The van der Waals surface area contributed by atoms with E-state index in [1.165, 1.54) is 9.08 Å². The van der Waals surface area contributed by atoms with Crippen molar-refractivity contribution < 1.29 is 9.53 Å². The van der Waals surface area contributed by atoms with E-state index in [2.05, 4.69) is 10.4 Å². The van der Waals surface area contributed by atoms with Crippen LogP contribution in [0.25, 0.3) is 16.8 Å².